The number of nitrogens with zero attached hydrogens (tertiary/aromatic N) is 2. The largest absolute Gasteiger partial charge is 0.494 e. The number of methoxy groups -OCH3 is 2. The molecule has 1 saturated heterocycles. The van der Waals surface area contributed by atoms with E-state index in [9.17, 15) is 14.3 Å². The average molecular weight is 481 g/mol. The topological polar surface area (TPSA) is 81.1 Å². The minimum absolute atomic E-state index is 0.0128. The molecule has 0 bridgehead atoms. The zero-order valence-electron chi connectivity index (χ0n) is 19.5. The Hall–Kier alpha value is -2.42. The molecule has 180 valence electrons. The summed E-state index contributed by atoms with van der Waals surface area (Å²) < 4.78 is 29.8. The lowest BCUT2D eigenvalue weighted by Crippen LogP contribution is -2.54. The van der Waals surface area contributed by atoms with Crippen molar-refractivity contribution in [2.45, 2.75) is 38.4 Å². The molecule has 1 aliphatic rings. The molecule has 3 rings (SSSR count). The first-order chi connectivity index (χ1) is 15.5. The van der Waals surface area contributed by atoms with Gasteiger partial charge in [-0.25, -0.2) is 14.2 Å². The van der Waals surface area contributed by atoms with Gasteiger partial charge < -0.3 is 24.2 Å². The van der Waals surface area contributed by atoms with Crippen LogP contribution in [0, 0.1) is 11.7 Å². The van der Waals surface area contributed by atoms with Crippen LogP contribution in [0.25, 0.3) is 11.3 Å². The van der Waals surface area contributed by atoms with Crippen molar-refractivity contribution in [3.8, 4) is 17.0 Å². The third-order valence-corrected chi connectivity index (χ3v) is 5.66. The van der Waals surface area contributed by atoms with Crippen LogP contribution in [-0.4, -0.2) is 60.6 Å². The molecule has 1 fully saturated rings. The first-order valence-corrected chi connectivity index (χ1v) is 11.0. The monoisotopic (exact) mass is 480 g/mol. The second kappa shape index (κ2) is 9.83. The van der Waals surface area contributed by atoms with Crippen molar-refractivity contribution in [3.63, 3.8) is 0 Å². The van der Waals surface area contributed by atoms with E-state index in [1.807, 2.05) is 20.8 Å². The van der Waals surface area contributed by atoms with Gasteiger partial charge in [0.15, 0.2) is 0 Å². The number of carbonyl (C=O) groups is 1. The van der Waals surface area contributed by atoms with Crippen LogP contribution in [0.5, 0.6) is 5.75 Å². The number of halogens is 2. The Morgan fingerprint density at radius 3 is 2.52 bits per heavy atom. The second-order valence-electron chi connectivity index (χ2n) is 9.30. The van der Waals surface area contributed by atoms with Crippen molar-refractivity contribution in [3.05, 3.63) is 46.9 Å². The Labute approximate surface area is 198 Å². The van der Waals surface area contributed by atoms with Crippen LogP contribution < -0.4 is 4.74 Å². The van der Waals surface area contributed by atoms with Crippen molar-refractivity contribution in [1.29, 1.82) is 0 Å². The van der Waals surface area contributed by atoms with Crippen molar-refractivity contribution < 1.29 is 28.5 Å². The fourth-order valence-electron chi connectivity index (χ4n) is 3.85. The molecular weight excluding hydrogens is 451 g/mol. The maximum atomic E-state index is 13.7. The zero-order chi connectivity index (χ0) is 24.4. The summed E-state index contributed by atoms with van der Waals surface area (Å²) in [7, 11) is 3.01. The quantitative estimate of drug-likeness (QED) is 0.621. The van der Waals surface area contributed by atoms with E-state index < -0.39 is 17.0 Å². The van der Waals surface area contributed by atoms with E-state index in [1.54, 1.807) is 23.1 Å². The third kappa shape index (κ3) is 5.93. The van der Waals surface area contributed by atoms with E-state index in [1.165, 1.54) is 26.4 Å². The highest BCUT2D eigenvalue weighted by atomic mass is 35.5. The number of hydrogen-bond donors (Lipinski definition) is 1. The third-order valence-electron chi connectivity index (χ3n) is 5.37. The van der Waals surface area contributed by atoms with Crippen LogP contribution in [0.4, 0.5) is 9.18 Å². The Morgan fingerprint density at radius 1 is 1.24 bits per heavy atom. The summed E-state index contributed by atoms with van der Waals surface area (Å²) >= 11 is 5.96. The van der Waals surface area contributed by atoms with Crippen molar-refractivity contribution in [1.82, 2.24) is 9.88 Å². The summed E-state index contributed by atoms with van der Waals surface area (Å²) in [5.41, 5.74) is -0.595. The fraction of sp³-hybridized carbons (Fsp3) is 0.500. The molecule has 0 radical (unpaired) electrons. The van der Waals surface area contributed by atoms with Crippen molar-refractivity contribution >= 4 is 17.7 Å². The Balaban J connectivity index is 1.82. The van der Waals surface area contributed by atoms with Gasteiger partial charge in [-0.05, 0) is 63.4 Å². The lowest BCUT2D eigenvalue weighted by molar-refractivity contribution is -0.0757. The Bertz CT molecular complexity index is 1010. The molecule has 7 nitrogen and oxygen atoms in total. The van der Waals surface area contributed by atoms with Crippen LogP contribution in [-0.2, 0) is 15.1 Å². The number of carbonyl (C=O) groups excluding carboxylic acids is 1. The maximum Gasteiger partial charge on any atom is 0.410 e. The molecule has 2 aromatic rings. The van der Waals surface area contributed by atoms with E-state index in [2.05, 4.69) is 4.98 Å². The van der Waals surface area contributed by atoms with Crippen LogP contribution in [0.3, 0.4) is 0 Å². The molecule has 33 heavy (non-hydrogen) atoms. The number of amides is 1. The first-order valence-electron chi connectivity index (χ1n) is 10.7. The van der Waals surface area contributed by atoms with Crippen LogP contribution >= 0.6 is 11.6 Å². The molecule has 0 aliphatic carbocycles. The lowest BCUT2D eigenvalue weighted by Gasteiger charge is -2.43. The molecule has 1 atom stereocenters. The molecule has 1 N–H and O–H groups in total. The molecule has 1 aliphatic heterocycles. The van der Waals surface area contributed by atoms with E-state index in [0.29, 0.717) is 42.2 Å². The van der Waals surface area contributed by atoms with Gasteiger partial charge in [-0.15, -0.1) is 0 Å². The number of hydrogen-bond acceptors (Lipinski definition) is 6. The molecule has 1 amide bonds. The van der Waals surface area contributed by atoms with Gasteiger partial charge in [0.05, 0.1) is 24.4 Å². The summed E-state index contributed by atoms with van der Waals surface area (Å²) in [6, 6.07) is 7.65. The normalized spacial score (nSPS) is 16.2. The zero-order valence-corrected chi connectivity index (χ0v) is 20.3. The van der Waals surface area contributed by atoms with Gasteiger partial charge in [0.1, 0.15) is 28.5 Å². The number of benzene rings is 1. The summed E-state index contributed by atoms with van der Waals surface area (Å²) in [4.78, 5) is 18.5. The molecule has 9 heteroatoms. The summed E-state index contributed by atoms with van der Waals surface area (Å²) in [5.74, 6) is -0.0304. The number of ether oxygens (including phenoxy) is 3. The standard InChI is InChI=1S/C24H30ClFN2O5/c1-23(2,3)33-22(29)28-12-15(13-28)11-24(30,14-31-4)20-9-8-19(32-5)21(27-20)16-6-7-18(26)17(25)10-16/h6-10,15,30H,11-14H2,1-5H3. The van der Waals surface area contributed by atoms with E-state index in [0.717, 1.165) is 0 Å². The molecule has 0 saturated carbocycles. The van der Waals surface area contributed by atoms with Gasteiger partial charge in [-0.2, -0.15) is 0 Å². The summed E-state index contributed by atoms with van der Waals surface area (Å²) in [6.45, 7) is 6.41. The van der Waals surface area contributed by atoms with E-state index in [4.69, 9.17) is 25.8 Å². The minimum Gasteiger partial charge on any atom is -0.494 e. The smallest absolute Gasteiger partial charge is 0.410 e. The SMILES string of the molecule is COCC(O)(CC1CN(C(=O)OC(C)(C)C)C1)c1ccc(OC)c(-c2ccc(F)c(Cl)c2)n1. The predicted molar refractivity (Wildman–Crippen MR) is 123 cm³/mol. The highest BCUT2D eigenvalue weighted by Gasteiger charge is 2.41. The Kier molecular flexibility index (Phi) is 7.51. The van der Waals surface area contributed by atoms with Gasteiger partial charge in [0, 0.05) is 25.8 Å². The van der Waals surface area contributed by atoms with Crippen LogP contribution in [0.15, 0.2) is 30.3 Å². The molecular formula is C24H30ClFN2O5. The average Bonchev–Trinajstić information content (AvgIpc) is 2.70. The van der Waals surface area contributed by atoms with E-state index in [-0.39, 0.29) is 23.6 Å². The minimum atomic E-state index is -1.40. The highest BCUT2D eigenvalue weighted by molar-refractivity contribution is 6.31. The molecule has 0 spiro atoms. The van der Waals surface area contributed by atoms with Crippen molar-refractivity contribution in [2.24, 2.45) is 5.92 Å². The molecule has 1 aromatic carbocycles. The number of rotatable bonds is 7. The van der Waals surface area contributed by atoms with Gasteiger partial charge >= 0.3 is 6.09 Å². The molecule has 1 aromatic heterocycles. The predicted octanol–water partition coefficient (Wildman–Crippen LogP) is 4.64. The van der Waals surface area contributed by atoms with Gasteiger partial charge in [-0.1, -0.05) is 11.6 Å². The number of aromatic nitrogens is 1. The number of aliphatic hydroxyl groups is 1. The maximum absolute atomic E-state index is 13.7. The molecule has 2 heterocycles. The molecule has 1 unspecified atom stereocenters. The van der Waals surface area contributed by atoms with Crippen LogP contribution in [0.1, 0.15) is 32.9 Å². The van der Waals surface area contributed by atoms with E-state index >= 15 is 0 Å². The highest BCUT2D eigenvalue weighted by Crippen LogP contribution is 2.37. The summed E-state index contributed by atoms with van der Waals surface area (Å²) in [6.07, 6.45) is -0.0321. The van der Waals surface area contributed by atoms with Crippen molar-refractivity contribution in [2.75, 3.05) is 33.9 Å². The first kappa shape index (κ1) is 25.2. The van der Waals surface area contributed by atoms with Gasteiger partial charge in [0.2, 0.25) is 0 Å². The summed E-state index contributed by atoms with van der Waals surface area (Å²) in [5, 5.41) is 11.5. The fourth-order valence-corrected chi connectivity index (χ4v) is 4.03. The van der Waals surface area contributed by atoms with Crippen LogP contribution in [0.2, 0.25) is 5.02 Å². The Morgan fingerprint density at radius 2 is 1.94 bits per heavy atom. The van der Waals surface area contributed by atoms with Gasteiger partial charge in [-0.3, -0.25) is 0 Å². The second-order valence-corrected chi connectivity index (χ2v) is 9.70. The van der Waals surface area contributed by atoms with Gasteiger partial charge in [0.25, 0.3) is 0 Å². The number of likely N-dealkylation sites (tertiary alicyclic amines) is 1. The number of pyridine rings is 1. The lowest BCUT2D eigenvalue weighted by atomic mass is 9.83.